The van der Waals surface area contributed by atoms with Crippen LogP contribution in [0.2, 0.25) is 0 Å². The van der Waals surface area contributed by atoms with Crippen molar-refractivity contribution in [3.8, 4) is 6.07 Å². The molecule has 1 aromatic carbocycles. The van der Waals surface area contributed by atoms with Crippen molar-refractivity contribution in [3.63, 3.8) is 0 Å². The molecule has 0 spiro atoms. The van der Waals surface area contributed by atoms with E-state index in [1.165, 1.54) is 11.7 Å². The zero-order valence-electron chi connectivity index (χ0n) is 18.1. The first-order valence-corrected chi connectivity index (χ1v) is 10.6. The number of methoxy groups -OCH3 is 1. The summed E-state index contributed by atoms with van der Waals surface area (Å²) >= 11 is 5.39. The van der Waals surface area contributed by atoms with Crippen molar-refractivity contribution >= 4 is 24.0 Å². The summed E-state index contributed by atoms with van der Waals surface area (Å²) in [6.45, 7) is 3.50. The van der Waals surface area contributed by atoms with Crippen molar-refractivity contribution in [2.24, 2.45) is 20.0 Å². The first-order valence-electron chi connectivity index (χ1n) is 10.2. The lowest BCUT2D eigenvalue weighted by molar-refractivity contribution is 0.0600. The molecule has 0 aliphatic carbocycles. The third kappa shape index (κ3) is 5.03. The number of esters is 1. The number of anilines is 1. The van der Waals surface area contributed by atoms with Gasteiger partial charge in [0.2, 0.25) is 0 Å². The minimum absolute atomic E-state index is 0.119. The van der Waals surface area contributed by atoms with Crippen LogP contribution in [0, 0.1) is 27.4 Å². The molecular formula is C22H28N6O2S. The van der Waals surface area contributed by atoms with Crippen LogP contribution >= 0.6 is 12.2 Å². The average Bonchev–Trinajstić information content (AvgIpc) is 2.79. The van der Waals surface area contributed by atoms with Crippen LogP contribution < -0.4 is 10.8 Å². The van der Waals surface area contributed by atoms with E-state index in [9.17, 15) is 10.1 Å². The molecule has 1 aliphatic heterocycles. The SMILES string of the molecule is COC(=O)c1ccc(CN2CCCC(CNc3c(C#N)c(=N)n(C)c(=S)n3C)C2)cc1. The molecule has 0 bridgehead atoms. The Morgan fingerprint density at radius 3 is 2.68 bits per heavy atom. The number of rotatable bonds is 6. The molecule has 0 radical (unpaired) electrons. The topological polar surface area (TPSA) is 99.1 Å². The summed E-state index contributed by atoms with van der Waals surface area (Å²) in [6, 6.07) is 9.68. The monoisotopic (exact) mass is 440 g/mol. The average molecular weight is 441 g/mol. The molecule has 2 aromatic rings. The fourth-order valence-corrected chi connectivity index (χ4v) is 4.18. The second-order valence-corrected chi connectivity index (χ2v) is 8.26. The lowest BCUT2D eigenvalue weighted by atomic mass is 9.97. The van der Waals surface area contributed by atoms with Gasteiger partial charge in [0.25, 0.3) is 0 Å². The fourth-order valence-electron chi connectivity index (χ4n) is 4.00. The number of nitrogens with one attached hydrogen (secondary N) is 2. The Kier molecular flexibility index (Phi) is 7.25. The highest BCUT2D eigenvalue weighted by Crippen LogP contribution is 2.20. The zero-order valence-corrected chi connectivity index (χ0v) is 19.0. The number of hydrogen-bond donors (Lipinski definition) is 2. The zero-order chi connectivity index (χ0) is 22.5. The Hall–Kier alpha value is -2.96. The van der Waals surface area contributed by atoms with E-state index in [-0.39, 0.29) is 11.5 Å². The molecule has 9 heteroatoms. The maximum atomic E-state index is 11.6. The van der Waals surface area contributed by atoms with E-state index in [1.54, 1.807) is 23.7 Å². The van der Waals surface area contributed by atoms with Gasteiger partial charge in [0, 0.05) is 33.7 Å². The predicted molar refractivity (Wildman–Crippen MR) is 120 cm³/mol. The number of aromatic nitrogens is 2. The third-order valence-electron chi connectivity index (χ3n) is 5.77. The number of hydrogen-bond acceptors (Lipinski definition) is 7. The number of piperidine rings is 1. The van der Waals surface area contributed by atoms with Gasteiger partial charge in [0.1, 0.15) is 22.9 Å². The summed E-state index contributed by atoms with van der Waals surface area (Å²) in [5.41, 5.74) is 2.13. The number of nitrogens with zero attached hydrogens (tertiary/aromatic N) is 4. The molecule has 1 fully saturated rings. The molecule has 1 aromatic heterocycles. The second kappa shape index (κ2) is 9.90. The fraction of sp³-hybridized carbons (Fsp3) is 0.455. The smallest absolute Gasteiger partial charge is 0.337 e. The van der Waals surface area contributed by atoms with Crippen LogP contribution in [0.4, 0.5) is 5.82 Å². The standard InChI is InChI=1S/C22H28N6O2S/c1-26-19(24)18(11-23)20(27(2)22(26)31)25-12-16-5-4-10-28(14-16)13-15-6-8-17(9-7-15)21(29)30-3/h6-9,16,24-25H,4-5,10,12-14H2,1-3H3. The third-order valence-corrected chi connectivity index (χ3v) is 6.32. The van der Waals surface area contributed by atoms with Crippen molar-refractivity contribution in [2.75, 3.05) is 32.1 Å². The normalized spacial score (nSPS) is 16.5. The lowest BCUT2D eigenvalue weighted by Crippen LogP contribution is -2.38. The van der Waals surface area contributed by atoms with Crippen LogP contribution in [0.15, 0.2) is 24.3 Å². The Balaban J connectivity index is 1.65. The van der Waals surface area contributed by atoms with E-state index < -0.39 is 0 Å². The summed E-state index contributed by atoms with van der Waals surface area (Å²) in [4.78, 5) is 14.0. The molecule has 164 valence electrons. The summed E-state index contributed by atoms with van der Waals surface area (Å²) in [7, 11) is 4.90. The molecule has 2 heterocycles. The summed E-state index contributed by atoms with van der Waals surface area (Å²) in [6.07, 6.45) is 2.20. The van der Waals surface area contributed by atoms with E-state index in [0.29, 0.717) is 34.2 Å². The molecular weight excluding hydrogens is 412 g/mol. The highest BCUT2D eigenvalue weighted by Gasteiger charge is 2.21. The van der Waals surface area contributed by atoms with Gasteiger partial charge in [-0.1, -0.05) is 12.1 Å². The number of carbonyl (C=O) groups is 1. The van der Waals surface area contributed by atoms with Crippen LogP contribution in [0.3, 0.4) is 0 Å². The first kappa shape index (κ1) is 22.7. The van der Waals surface area contributed by atoms with Crippen LogP contribution in [0.25, 0.3) is 0 Å². The van der Waals surface area contributed by atoms with E-state index in [0.717, 1.165) is 38.0 Å². The van der Waals surface area contributed by atoms with Crippen LogP contribution in [-0.2, 0) is 25.4 Å². The van der Waals surface area contributed by atoms with Gasteiger partial charge in [0.15, 0.2) is 4.77 Å². The molecule has 1 aliphatic rings. The van der Waals surface area contributed by atoms with Crippen molar-refractivity contribution in [1.29, 1.82) is 10.7 Å². The summed E-state index contributed by atoms with van der Waals surface area (Å²) in [5.74, 6) is 0.700. The molecule has 1 atom stereocenters. The van der Waals surface area contributed by atoms with Crippen molar-refractivity contribution < 1.29 is 9.53 Å². The summed E-state index contributed by atoms with van der Waals surface area (Å²) < 4.78 is 8.54. The maximum Gasteiger partial charge on any atom is 0.337 e. The molecule has 1 unspecified atom stereocenters. The lowest BCUT2D eigenvalue weighted by Gasteiger charge is -2.33. The van der Waals surface area contributed by atoms with E-state index in [2.05, 4.69) is 16.3 Å². The van der Waals surface area contributed by atoms with E-state index in [4.69, 9.17) is 22.4 Å². The number of carbonyl (C=O) groups excluding carboxylic acids is 1. The van der Waals surface area contributed by atoms with Gasteiger partial charge in [-0.2, -0.15) is 5.26 Å². The van der Waals surface area contributed by atoms with Gasteiger partial charge in [-0.25, -0.2) is 4.79 Å². The highest BCUT2D eigenvalue weighted by atomic mass is 32.1. The largest absolute Gasteiger partial charge is 0.465 e. The van der Waals surface area contributed by atoms with E-state index >= 15 is 0 Å². The van der Waals surface area contributed by atoms with Gasteiger partial charge in [-0.05, 0) is 55.2 Å². The van der Waals surface area contributed by atoms with Crippen molar-refractivity contribution in [2.45, 2.75) is 19.4 Å². The number of nitriles is 1. The minimum atomic E-state index is -0.326. The van der Waals surface area contributed by atoms with Gasteiger partial charge >= 0.3 is 5.97 Å². The molecule has 1 saturated heterocycles. The first-order chi connectivity index (χ1) is 14.8. The summed E-state index contributed by atoms with van der Waals surface area (Å²) in [5, 5.41) is 21.1. The molecule has 31 heavy (non-hydrogen) atoms. The van der Waals surface area contributed by atoms with Gasteiger partial charge in [0.05, 0.1) is 12.7 Å². The Bertz CT molecular complexity index is 1110. The quantitative estimate of drug-likeness (QED) is 0.529. The van der Waals surface area contributed by atoms with Crippen LogP contribution in [-0.4, -0.2) is 46.7 Å². The Labute approximate surface area is 187 Å². The second-order valence-electron chi connectivity index (χ2n) is 7.90. The molecule has 0 saturated carbocycles. The van der Waals surface area contributed by atoms with Gasteiger partial charge in [-0.15, -0.1) is 0 Å². The van der Waals surface area contributed by atoms with Gasteiger partial charge in [-0.3, -0.25) is 10.3 Å². The van der Waals surface area contributed by atoms with Crippen molar-refractivity contribution in [1.82, 2.24) is 14.0 Å². The molecule has 8 nitrogen and oxygen atoms in total. The maximum absolute atomic E-state index is 11.6. The predicted octanol–water partition coefficient (Wildman–Crippen LogP) is 2.55. The van der Waals surface area contributed by atoms with Crippen LogP contribution in [0.1, 0.15) is 34.3 Å². The molecule has 3 rings (SSSR count). The Morgan fingerprint density at radius 2 is 2.03 bits per heavy atom. The highest BCUT2D eigenvalue weighted by molar-refractivity contribution is 7.71. The van der Waals surface area contributed by atoms with E-state index in [1.807, 2.05) is 19.2 Å². The Morgan fingerprint density at radius 1 is 1.32 bits per heavy atom. The molecule has 2 N–H and O–H groups in total. The minimum Gasteiger partial charge on any atom is -0.465 e. The van der Waals surface area contributed by atoms with Crippen molar-refractivity contribution in [3.05, 3.63) is 51.2 Å². The van der Waals surface area contributed by atoms with Crippen LogP contribution in [0.5, 0.6) is 0 Å². The number of likely N-dealkylation sites (tertiary alicyclic amines) is 1. The number of ether oxygens (including phenoxy) is 1. The number of benzene rings is 1. The molecule has 0 amide bonds. The van der Waals surface area contributed by atoms with Gasteiger partial charge < -0.3 is 19.2 Å².